The van der Waals surface area contributed by atoms with Crippen LogP contribution in [0, 0.1) is 6.92 Å². The van der Waals surface area contributed by atoms with Crippen LogP contribution in [-0.2, 0) is 13.1 Å². The second-order valence-electron chi connectivity index (χ2n) is 7.69. The maximum Gasteiger partial charge on any atom is 0.336 e. The molecule has 6 heteroatoms. The van der Waals surface area contributed by atoms with Gasteiger partial charge in [-0.2, -0.15) is 0 Å². The molecule has 3 heterocycles. The fraction of sp³-hybridized carbons (Fsp3) is 0.200. The summed E-state index contributed by atoms with van der Waals surface area (Å²) < 4.78 is 17.0. The van der Waals surface area contributed by atoms with Crippen LogP contribution in [0.25, 0.3) is 22.1 Å². The van der Waals surface area contributed by atoms with Gasteiger partial charge in [-0.1, -0.05) is 12.1 Å². The Bertz CT molecular complexity index is 1300. The van der Waals surface area contributed by atoms with E-state index in [2.05, 4.69) is 16.0 Å². The molecule has 2 aromatic heterocycles. The van der Waals surface area contributed by atoms with E-state index in [1.807, 2.05) is 43.3 Å². The van der Waals surface area contributed by atoms with Gasteiger partial charge in [0.2, 0.25) is 0 Å². The highest BCUT2D eigenvalue weighted by Crippen LogP contribution is 2.38. The minimum absolute atomic E-state index is 0.378. The molecular formula is C25H22N2O4. The molecule has 4 aromatic rings. The van der Waals surface area contributed by atoms with Crippen LogP contribution in [0.4, 0.5) is 0 Å². The minimum atomic E-state index is -0.378. The first-order chi connectivity index (χ1) is 15.1. The summed E-state index contributed by atoms with van der Waals surface area (Å²) in [5.74, 6) is 1.57. The lowest BCUT2D eigenvalue weighted by atomic mass is 9.97. The molecule has 0 bridgehead atoms. The quantitative estimate of drug-likeness (QED) is 0.458. The molecule has 2 aromatic carbocycles. The monoisotopic (exact) mass is 414 g/mol. The molecule has 0 radical (unpaired) electrons. The Hall–Kier alpha value is -3.64. The van der Waals surface area contributed by atoms with Crippen molar-refractivity contribution in [2.45, 2.75) is 20.0 Å². The number of fused-ring (bicyclic) bond motifs is 2. The fourth-order valence-corrected chi connectivity index (χ4v) is 4.13. The molecule has 0 unspecified atom stereocenters. The topological polar surface area (TPSA) is 64.8 Å². The van der Waals surface area contributed by atoms with E-state index in [0.717, 1.165) is 52.2 Å². The highest BCUT2D eigenvalue weighted by molar-refractivity contribution is 5.96. The molecule has 0 N–H and O–H groups in total. The van der Waals surface area contributed by atoms with Crippen molar-refractivity contribution in [1.29, 1.82) is 0 Å². The fourth-order valence-electron chi connectivity index (χ4n) is 4.13. The molecule has 0 saturated heterocycles. The second-order valence-corrected chi connectivity index (χ2v) is 7.69. The van der Waals surface area contributed by atoms with E-state index in [0.29, 0.717) is 12.3 Å². The molecular weight excluding hydrogens is 392 g/mol. The molecule has 0 atom stereocenters. The third-order valence-corrected chi connectivity index (χ3v) is 5.63. The molecule has 1 aliphatic heterocycles. The Kier molecular flexibility index (Phi) is 4.92. The van der Waals surface area contributed by atoms with Crippen LogP contribution in [0.1, 0.15) is 16.7 Å². The summed E-state index contributed by atoms with van der Waals surface area (Å²) in [5.41, 5.74) is 5.08. The largest absolute Gasteiger partial charge is 0.497 e. The van der Waals surface area contributed by atoms with E-state index < -0.39 is 0 Å². The summed E-state index contributed by atoms with van der Waals surface area (Å²) >= 11 is 0. The summed E-state index contributed by atoms with van der Waals surface area (Å²) in [5, 5.41) is 0.898. The van der Waals surface area contributed by atoms with Crippen LogP contribution in [0.3, 0.4) is 0 Å². The zero-order valence-electron chi connectivity index (χ0n) is 17.4. The first-order valence-corrected chi connectivity index (χ1v) is 10.1. The van der Waals surface area contributed by atoms with Crippen LogP contribution in [0.15, 0.2) is 70.1 Å². The molecule has 31 heavy (non-hydrogen) atoms. The number of pyridine rings is 1. The second kappa shape index (κ2) is 7.89. The van der Waals surface area contributed by atoms with Gasteiger partial charge in [0.15, 0.2) is 0 Å². The summed E-state index contributed by atoms with van der Waals surface area (Å²) in [7, 11) is 1.63. The summed E-state index contributed by atoms with van der Waals surface area (Å²) in [4.78, 5) is 18.6. The Labute approximate surface area is 179 Å². The number of rotatable bonds is 4. The number of hydrogen-bond donors (Lipinski definition) is 0. The number of methoxy groups -OCH3 is 1. The zero-order chi connectivity index (χ0) is 21.4. The number of benzene rings is 2. The maximum absolute atomic E-state index is 12.3. The number of ether oxygens (including phenoxy) is 2. The normalized spacial score (nSPS) is 13.6. The lowest BCUT2D eigenvalue weighted by molar-refractivity contribution is 0.0881. The molecule has 5 rings (SSSR count). The number of hydrogen-bond acceptors (Lipinski definition) is 6. The predicted octanol–water partition coefficient (Wildman–Crippen LogP) is 4.52. The lowest BCUT2D eigenvalue weighted by Gasteiger charge is -2.30. The summed E-state index contributed by atoms with van der Waals surface area (Å²) in [6.07, 6.45) is 3.60. The predicted molar refractivity (Wildman–Crippen MR) is 118 cm³/mol. The van der Waals surface area contributed by atoms with Crippen molar-refractivity contribution < 1.29 is 13.9 Å². The summed E-state index contributed by atoms with van der Waals surface area (Å²) in [6, 6.07) is 15.3. The minimum Gasteiger partial charge on any atom is -0.497 e. The standard InChI is InChI=1S/C25H22N2O4/c1-16-24-19(14-27(15-30-24)13-17-7-9-26-10-8-17)11-22-21(12-23(28)31-25(16)22)18-3-5-20(29-2)6-4-18/h3-12H,13-15H2,1-2H3. The van der Waals surface area contributed by atoms with Crippen LogP contribution < -0.4 is 15.1 Å². The molecule has 156 valence electrons. The first kappa shape index (κ1) is 19.3. The van der Waals surface area contributed by atoms with E-state index in [-0.39, 0.29) is 5.63 Å². The SMILES string of the molecule is COc1ccc(-c2cc(=O)oc3c(C)c4c(cc23)CN(Cc2ccncc2)CO4)cc1. The van der Waals surface area contributed by atoms with Gasteiger partial charge in [0, 0.05) is 48.1 Å². The van der Waals surface area contributed by atoms with Gasteiger partial charge in [-0.3, -0.25) is 9.88 Å². The van der Waals surface area contributed by atoms with E-state index in [9.17, 15) is 4.79 Å². The number of aromatic nitrogens is 1. The third-order valence-electron chi connectivity index (χ3n) is 5.63. The molecule has 6 nitrogen and oxygen atoms in total. The lowest BCUT2D eigenvalue weighted by Crippen LogP contribution is -2.31. The first-order valence-electron chi connectivity index (χ1n) is 10.1. The van der Waals surface area contributed by atoms with Crippen molar-refractivity contribution in [3.63, 3.8) is 0 Å². The van der Waals surface area contributed by atoms with Gasteiger partial charge < -0.3 is 13.9 Å². The van der Waals surface area contributed by atoms with Crippen LogP contribution in [0.5, 0.6) is 11.5 Å². The van der Waals surface area contributed by atoms with E-state index in [4.69, 9.17) is 13.9 Å². The molecule has 0 spiro atoms. The Morgan fingerprint density at radius 3 is 2.61 bits per heavy atom. The van der Waals surface area contributed by atoms with Crippen molar-refractivity contribution in [2.24, 2.45) is 0 Å². The van der Waals surface area contributed by atoms with E-state index in [1.165, 1.54) is 5.56 Å². The van der Waals surface area contributed by atoms with E-state index in [1.54, 1.807) is 25.6 Å². The van der Waals surface area contributed by atoms with Gasteiger partial charge in [0.25, 0.3) is 0 Å². The Morgan fingerprint density at radius 2 is 1.87 bits per heavy atom. The molecule has 0 saturated carbocycles. The van der Waals surface area contributed by atoms with Gasteiger partial charge in [-0.05, 0) is 53.9 Å². The van der Waals surface area contributed by atoms with Gasteiger partial charge in [-0.15, -0.1) is 0 Å². The maximum atomic E-state index is 12.3. The smallest absolute Gasteiger partial charge is 0.336 e. The zero-order valence-corrected chi connectivity index (χ0v) is 17.4. The Balaban J connectivity index is 1.58. The molecule has 0 amide bonds. The average molecular weight is 414 g/mol. The Morgan fingerprint density at radius 1 is 1.10 bits per heavy atom. The van der Waals surface area contributed by atoms with Gasteiger partial charge in [0.1, 0.15) is 23.8 Å². The summed E-state index contributed by atoms with van der Waals surface area (Å²) in [6.45, 7) is 3.94. The van der Waals surface area contributed by atoms with Gasteiger partial charge in [-0.25, -0.2) is 4.79 Å². The molecule has 0 aliphatic carbocycles. The van der Waals surface area contributed by atoms with Crippen molar-refractivity contribution in [3.8, 4) is 22.6 Å². The van der Waals surface area contributed by atoms with Crippen molar-refractivity contribution in [1.82, 2.24) is 9.88 Å². The van der Waals surface area contributed by atoms with Gasteiger partial charge in [0.05, 0.1) is 7.11 Å². The highest BCUT2D eigenvalue weighted by atomic mass is 16.5. The number of aryl methyl sites for hydroxylation is 1. The van der Waals surface area contributed by atoms with Crippen LogP contribution in [0.2, 0.25) is 0 Å². The average Bonchev–Trinajstić information content (AvgIpc) is 2.80. The van der Waals surface area contributed by atoms with Crippen LogP contribution >= 0.6 is 0 Å². The molecule has 1 aliphatic rings. The van der Waals surface area contributed by atoms with E-state index >= 15 is 0 Å². The van der Waals surface area contributed by atoms with Crippen molar-refractivity contribution in [3.05, 3.63) is 88.0 Å². The number of nitrogens with zero attached hydrogens (tertiary/aromatic N) is 2. The highest BCUT2D eigenvalue weighted by Gasteiger charge is 2.23. The van der Waals surface area contributed by atoms with Crippen LogP contribution in [-0.4, -0.2) is 23.7 Å². The van der Waals surface area contributed by atoms with Gasteiger partial charge >= 0.3 is 5.63 Å². The van der Waals surface area contributed by atoms with Crippen molar-refractivity contribution >= 4 is 11.0 Å². The van der Waals surface area contributed by atoms with Crippen molar-refractivity contribution in [2.75, 3.05) is 13.8 Å². The molecule has 0 fully saturated rings. The third kappa shape index (κ3) is 3.66.